The summed E-state index contributed by atoms with van der Waals surface area (Å²) in [5.74, 6) is 0.383. The standard InChI is InChI=1S/C16H22N2O3S/c1-18(2)22(20,21)15-9-7-14(8-10-15)12-17-16(19)11-13-5-3-4-6-13/h3,5,7-10,13H,4,6,11-12H2,1-2H3,(H,17,19). The number of allylic oxidation sites excluding steroid dienone is 2. The summed E-state index contributed by atoms with van der Waals surface area (Å²) in [5.41, 5.74) is 0.882. The van der Waals surface area contributed by atoms with Gasteiger partial charge in [0.2, 0.25) is 15.9 Å². The lowest BCUT2D eigenvalue weighted by molar-refractivity contribution is -0.121. The zero-order valence-corrected chi connectivity index (χ0v) is 13.8. The van der Waals surface area contributed by atoms with Crippen molar-refractivity contribution in [3.63, 3.8) is 0 Å². The van der Waals surface area contributed by atoms with Gasteiger partial charge in [0.1, 0.15) is 0 Å². The summed E-state index contributed by atoms with van der Waals surface area (Å²) >= 11 is 0. The van der Waals surface area contributed by atoms with Gasteiger partial charge in [-0.2, -0.15) is 0 Å². The predicted octanol–water partition coefficient (Wildman–Crippen LogP) is 1.91. The van der Waals surface area contributed by atoms with Crippen molar-refractivity contribution in [2.24, 2.45) is 5.92 Å². The summed E-state index contributed by atoms with van der Waals surface area (Å²) in [6.07, 6.45) is 6.83. The Balaban J connectivity index is 1.89. The minimum atomic E-state index is -3.40. The topological polar surface area (TPSA) is 66.5 Å². The fourth-order valence-corrected chi connectivity index (χ4v) is 3.27. The minimum Gasteiger partial charge on any atom is -0.352 e. The van der Waals surface area contributed by atoms with Gasteiger partial charge in [-0.05, 0) is 36.5 Å². The maximum atomic E-state index is 12.0. The number of nitrogens with one attached hydrogen (secondary N) is 1. The highest BCUT2D eigenvalue weighted by Crippen LogP contribution is 2.20. The third-order valence-corrected chi connectivity index (χ3v) is 5.58. The molecule has 1 aliphatic carbocycles. The fraction of sp³-hybridized carbons (Fsp3) is 0.438. The lowest BCUT2D eigenvalue weighted by Crippen LogP contribution is -2.24. The first-order valence-electron chi connectivity index (χ1n) is 7.34. The highest BCUT2D eigenvalue weighted by molar-refractivity contribution is 7.89. The van der Waals surface area contributed by atoms with E-state index in [1.54, 1.807) is 24.3 Å². The summed E-state index contributed by atoms with van der Waals surface area (Å²) in [7, 11) is -0.400. The maximum Gasteiger partial charge on any atom is 0.242 e. The Morgan fingerprint density at radius 2 is 1.95 bits per heavy atom. The molecule has 22 heavy (non-hydrogen) atoms. The first kappa shape index (κ1) is 16.7. The van der Waals surface area contributed by atoms with Crippen molar-refractivity contribution in [3.05, 3.63) is 42.0 Å². The molecule has 0 aliphatic heterocycles. The van der Waals surface area contributed by atoms with Crippen molar-refractivity contribution in [3.8, 4) is 0 Å². The number of sulfonamides is 1. The van der Waals surface area contributed by atoms with Crippen LogP contribution in [0.5, 0.6) is 0 Å². The summed E-state index contributed by atoms with van der Waals surface area (Å²) in [5, 5.41) is 2.87. The van der Waals surface area contributed by atoms with Crippen molar-refractivity contribution in [1.82, 2.24) is 9.62 Å². The van der Waals surface area contributed by atoms with E-state index < -0.39 is 10.0 Å². The Morgan fingerprint density at radius 1 is 1.27 bits per heavy atom. The Bertz CT molecular complexity index is 648. The molecule has 1 amide bonds. The molecule has 0 bridgehead atoms. The third-order valence-electron chi connectivity index (χ3n) is 3.75. The summed E-state index contributed by atoms with van der Waals surface area (Å²) < 4.78 is 25.1. The van der Waals surface area contributed by atoms with E-state index in [1.807, 2.05) is 0 Å². The average Bonchev–Trinajstić information content (AvgIpc) is 2.98. The van der Waals surface area contributed by atoms with Crippen LogP contribution in [0.25, 0.3) is 0 Å². The van der Waals surface area contributed by atoms with Gasteiger partial charge in [-0.25, -0.2) is 12.7 Å². The molecule has 0 saturated heterocycles. The number of hydrogen-bond acceptors (Lipinski definition) is 3. The highest BCUT2D eigenvalue weighted by Gasteiger charge is 2.17. The molecule has 1 aromatic carbocycles. The number of hydrogen-bond donors (Lipinski definition) is 1. The van der Waals surface area contributed by atoms with Crippen LogP contribution in [-0.4, -0.2) is 32.7 Å². The molecule has 2 rings (SSSR count). The van der Waals surface area contributed by atoms with Crippen LogP contribution in [0.3, 0.4) is 0 Å². The summed E-state index contributed by atoms with van der Waals surface area (Å²) in [6, 6.07) is 6.59. The molecule has 0 radical (unpaired) electrons. The fourth-order valence-electron chi connectivity index (χ4n) is 2.37. The van der Waals surface area contributed by atoms with Crippen LogP contribution in [0.4, 0.5) is 0 Å². The van der Waals surface area contributed by atoms with E-state index >= 15 is 0 Å². The van der Waals surface area contributed by atoms with Crippen molar-refractivity contribution in [1.29, 1.82) is 0 Å². The van der Waals surface area contributed by atoms with Crippen molar-refractivity contribution < 1.29 is 13.2 Å². The van der Waals surface area contributed by atoms with E-state index in [1.165, 1.54) is 18.4 Å². The highest BCUT2D eigenvalue weighted by atomic mass is 32.2. The lowest BCUT2D eigenvalue weighted by atomic mass is 10.1. The van der Waals surface area contributed by atoms with Crippen LogP contribution >= 0.6 is 0 Å². The molecular weight excluding hydrogens is 300 g/mol. The van der Waals surface area contributed by atoms with Gasteiger partial charge in [-0.15, -0.1) is 0 Å². The zero-order valence-electron chi connectivity index (χ0n) is 13.0. The van der Waals surface area contributed by atoms with Crippen LogP contribution in [-0.2, 0) is 21.4 Å². The van der Waals surface area contributed by atoms with Crippen LogP contribution in [0.15, 0.2) is 41.3 Å². The van der Waals surface area contributed by atoms with Gasteiger partial charge in [0.05, 0.1) is 4.90 Å². The summed E-state index contributed by atoms with van der Waals surface area (Å²) in [4.78, 5) is 12.1. The van der Waals surface area contributed by atoms with Gasteiger partial charge in [0.15, 0.2) is 0 Å². The molecule has 0 spiro atoms. The Hall–Kier alpha value is -1.66. The van der Waals surface area contributed by atoms with Gasteiger partial charge in [-0.1, -0.05) is 24.3 Å². The molecule has 5 nitrogen and oxygen atoms in total. The molecule has 1 N–H and O–H groups in total. The SMILES string of the molecule is CN(C)S(=O)(=O)c1ccc(CNC(=O)CC2C=CCC2)cc1. The smallest absolute Gasteiger partial charge is 0.242 e. The predicted molar refractivity (Wildman–Crippen MR) is 85.6 cm³/mol. The van der Waals surface area contributed by atoms with Crippen molar-refractivity contribution >= 4 is 15.9 Å². The van der Waals surface area contributed by atoms with E-state index in [2.05, 4.69) is 17.5 Å². The van der Waals surface area contributed by atoms with E-state index in [9.17, 15) is 13.2 Å². The average molecular weight is 322 g/mol. The number of carbonyl (C=O) groups excluding carboxylic acids is 1. The normalized spacial score (nSPS) is 17.9. The lowest BCUT2D eigenvalue weighted by Gasteiger charge is -2.12. The second kappa shape index (κ2) is 7.07. The molecule has 0 aromatic heterocycles. The van der Waals surface area contributed by atoms with Crippen LogP contribution in [0.1, 0.15) is 24.8 Å². The molecular formula is C16H22N2O3S. The monoisotopic (exact) mass is 322 g/mol. The second-order valence-electron chi connectivity index (χ2n) is 5.68. The largest absolute Gasteiger partial charge is 0.352 e. The first-order chi connectivity index (χ1) is 10.4. The van der Waals surface area contributed by atoms with Crippen LogP contribution < -0.4 is 5.32 Å². The number of benzene rings is 1. The van der Waals surface area contributed by atoms with Gasteiger partial charge in [0, 0.05) is 27.1 Å². The molecule has 1 atom stereocenters. The number of amides is 1. The first-order valence-corrected chi connectivity index (χ1v) is 8.78. The Labute approximate surface area is 132 Å². The Kier molecular flexibility index (Phi) is 5.37. The van der Waals surface area contributed by atoms with Crippen molar-refractivity contribution in [2.75, 3.05) is 14.1 Å². The molecule has 6 heteroatoms. The molecule has 120 valence electrons. The number of carbonyl (C=O) groups is 1. The summed E-state index contributed by atoms with van der Waals surface area (Å²) in [6.45, 7) is 0.414. The molecule has 0 saturated carbocycles. The van der Waals surface area contributed by atoms with E-state index in [-0.39, 0.29) is 10.8 Å². The molecule has 1 aliphatic rings. The third kappa shape index (κ3) is 4.18. The van der Waals surface area contributed by atoms with E-state index in [4.69, 9.17) is 0 Å². The van der Waals surface area contributed by atoms with Gasteiger partial charge < -0.3 is 5.32 Å². The van der Waals surface area contributed by atoms with E-state index in [0.717, 1.165) is 18.4 Å². The number of nitrogens with zero attached hydrogens (tertiary/aromatic N) is 1. The maximum absolute atomic E-state index is 12.0. The minimum absolute atomic E-state index is 0.0292. The molecule has 1 unspecified atom stereocenters. The van der Waals surface area contributed by atoms with Crippen LogP contribution in [0, 0.1) is 5.92 Å². The molecule has 0 heterocycles. The molecule has 0 fully saturated rings. The second-order valence-corrected chi connectivity index (χ2v) is 7.83. The van der Waals surface area contributed by atoms with Gasteiger partial charge in [-0.3, -0.25) is 4.79 Å². The van der Waals surface area contributed by atoms with E-state index in [0.29, 0.717) is 18.9 Å². The van der Waals surface area contributed by atoms with Crippen molar-refractivity contribution in [2.45, 2.75) is 30.7 Å². The Morgan fingerprint density at radius 3 is 2.50 bits per heavy atom. The quantitative estimate of drug-likeness (QED) is 0.814. The number of rotatable bonds is 6. The zero-order chi connectivity index (χ0) is 16.2. The van der Waals surface area contributed by atoms with Gasteiger partial charge >= 0.3 is 0 Å². The van der Waals surface area contributed by atoms with Gasteiger partial charge in [0.25, 0.3) is 0 Å². The molecule has 1 aromatic rings. The van der Waals surface area contributed by atoms with Crippen LogP contribution in [0.2, 0.25) is 0 Å².